The van der Waals surface area contributed by atoms with Gasteiger partial charge in [0.1, 0.15) is 11.6 Å². The molecule has 1 atom stereocenters. The molecule has 1 aliphatic heterocycles. The molecule has 0 aliphatic carbocycles. The summed E-state index contributed by atoms with van der Waals surface area (Å²) >= 11 is 5.76. The highest BCUT2D eigenvalue weighted by Crippen LogP contribution is 2.45. The first-order valence-electron chi connectivity index (χ1n) is 8.55. The third-order valence-electron chi connectivity index (χ3n) is 4.46. The molecule has 2 aromatic heterocycles. The number of hydrogen-bond donors (Lipinski definition) is 4. The third kappa shape index (κ3) is 4.23. The second-order valence-corrected chi connectivity index (χ2v) is 6.92. The standard InChI is InChI=1S/C16H14ClF5N8O2/c17-9-2-10-26-3-8-12(30(10)28-9)5(16(20,21)22)4-29(8)15(32)27-7(11(24)14(25)31)1-6(23)13(18)19/h1-3,5,13H,4,23-24H2,(H2,25,31)(H,27,32)/b6-1-,11-7+. The SMILES string of the molecule is NC(=O)/C(N)=C(/C=C(\N)C(F)F)NC(=O)N1CC(C(F)(F)F)c2c1cnc1cc(Cl)nn21. The maximum atomic E-state index is 13.7. The Hall–Kier alpha value is -3.62. The molecule has 3 heterocycles. The van der Waals surface area contributed by atoms with Crippen LogP contribution < -0.4 is 27.4 Å². The molecule has 0 radical (unpaired) electrons. The van der Waals surface area contributed by atoms with E-state index in [-0.39, 0.29) is 16.5 Å². The minimum Gasteiger partial charge on any atom is -0.397 e. The predicted molar refractivity (Wildman–Crippen MR) is 101 cm³/mol. The van der Waals surface area contributed by atoms with Crippen LogP contribution in [0.2, 0.25) is 5.15 Å². The molecule has 16 heteroatoms. The smallest absolute Gasteiger partial charge is 0.397 e. The van der Waals surface area contributed by atoms with Crippen molar-refractivity contribution < 1.29 is 31.5 Å². The highest BCUT2D eigenvalue weighted by molar-refractivity contribution is 6.29. The number of carbonyl (C=O) groups is 2. The fourth-order valence-electron chi connectivity index (χ4n) is 2.99. The highest BCUT2D eigenvalue weighted by Gasteiger charge is 2.50. The number of nitrogens with one attached hydrogen (secondary N) is 1. The van der Waals surface area contributed by atoms with Crippen LogP contribution in [0.15, 0.2) is 35.4 Å². The summed E-state index contributed by atoms with van der Waals surface area (Å²) in [5, 5.41) is 5.64. The lowest BCUT2D eigenvalue weighted by molar-refractivity contribution is -0.147. The summed E-state index contributed by atoms with van der Waals surface area (Å²) in [6.07, 6.45) is -6.48. The molecule has 0 bridgehead atoms. The molecule has 32 heavy (non-hydrogen) atoms. The van der Waals surface area contributed by atoms with E-state index in [0.29, 0.717) is 11.0 Å². The molecule has 0 fully saturated rings. The Kier molecular flexibility index (Phi) is 5.86. The van der Waals surface area contributed by atoms with Gasteiger partial charge in [0.15, 0.2) is 10.8 Å². The molecule has 10 nitrogen and oxygen atoms in total. The Bertz CT molecular complexity index is 1160. The van der Waals surface area contributed by atoms with Gasteiger partial charge in [0.25, 0.3) is 12.3 Å². The average molecular weight is 481 g/mol. The zero-order valence-corrected chi connectivity index (χ0v) is 16.5. The largest absolute Gasteiger partial charge is 0.399 e. The van der Waals surface area contributed by atoms with E-state index < -0.39 is 59.8 Å². The van der Waals surface area contributed by atoms with Gasteiger partial charge >= 0.3 is 12.2 Å². The van der Waals surface area contributed by atoms with Gasteiger partial charge in [-0.1, -0.05) is 11.6 Å². The molecule has 1 unspecified atom stereocenters. The molecule has 0 saturated carbocycles. The molecule has 2 aromatic rings. The number of aromatic nitrogens is 3. The van der Waals surface area contributed by atoms with E-state index in [2.05, 4.69) is 10.1 Å². The number of carbonyl (C=O) groups excluding carboxylic acids is 2. The summed E-state index contributed by atoms with van der Waals surface area (Å²) in [6, 6.07) is -0.0143. The third-order valence-corrected chi connectivity index (χ3v) is 4.64. The lowest BCUT2D eigenvalue weighted by Crippen LogP contribution is -2.41. The van der Waals surface area contributed by atoms with Crippen molar-refractivity contribution in [1.29, 1.82) is 0 Å². The number of urea groups is 1. The normalized spacial score (nSPS) is 17.5. The molecule has 0 spiro atoms. The Balaban J connectivity index is 2.06. The lowest BCUT2D eigenvalue weighted by atomic mass is 10.1. The van der Waals surface area contributed by atoms with Crippen LogP contribution in [0.25, 0.3) is 5.65 Å². The predicted octanol–water partition coefficient (Wildman–Crippen LogP) is 1.32. The summed E-state index contributed by atoms with van der Waals surface area (Å²) < 4.78 is 67.5. The number of nitrogens with two attached hydrogens (primary N) is 3. The van der Waals surface area contributed by atoms with E-state index in [1.165, 1.54) is 6.07 Å². The van der Waals surface area contributed by atoms with Crippen LogP contribution in [-0.2, 0) is 4.79 Å². The molecule has 7 N–H and O–H groups in total. The average Bonchev–Trinajstić information content (AvgIpc) is 3.25. The van der Waals surface area contributed by atoms with E-state index in [4.69, 9.17) is 28.8 Å². The Morgan fingerprint density at radius 1 is 1.28 bits per heavy atom. The Morgan fingerprint density at radius 2 is 1.94 bits per heavy atom. The van der Waals surface area contributed by atoms with Crippen LogP contribution in [0.1, 0.15) is 11.6 Å². The number of halogens is 6. The number of rotatable bonds is 4. The van der Waals surface area contributed by atoms with Gasteiger partial charge in [-0.05, 0) is 6.08 Å². The number of alkyl halides is 5. The first kappa shape index (κ1) is 23.1. The van der Waals surface area contributed by atoms with E-state index in [0.717, 1.165) is 10.7 Å². The first-order valence-corrected chi connectivity index (χ1v) is 8.93. The maximum Gasteiger partial charge on any atom is 0.399 e. The molecule has 3 amide bonds. The summed E-state index contributed by atoms with van der Waals surface area (Å²) in [5.41, 5.74) is 12.2. The molecular weight excluding hydrogens is 467 g/mol. The number of primary amides is 1. The van der Waals surface area contributed by atoms with Crippen molar-refractivity contribution >= 4 is 34.9 Å². The maximum absolute atomic E-state index is 13.7. The number of nitrogens with zero attached hydrogens (tertiary/aromatic N) is 4. The van der Waals surface area contributed by atoms with Crippen LogP contribution >= 0.6 is 11.6 Å². The Labute approximate surface area is 180 Å². The minimum absolute atomic E-state index is 0.0106. The van der Waals surface area contributed by atoms with Gasteiger partial charge in [-0.25, -0.2) is 23.1 Å². The second kappa shape index (κ2) is 8.14. The van der Waals surface area contributed by atoms with Gasteiger partial charge in [0.2, 0.25) is 0 Å². The molecular formula is C16H14ClF5N8O2. The van der Waals surface area contributed by atoms with Crippen molar-refractivity contribution in [2.75, 3.05) is 11.4 Å². The summed E-state index contributed by atoms with van der Waals surface area (Å²) in [4.78, 5) is 28.7. The molecule has 0 aromatic carbocycles. The van der Waals surface area contributed by atoms with Crippen LogP contribution in [0.4, 0.5) is 32.4 Å². The fraction of sp³-hybridized carbons (Fsp3) is 0.250. The van der Waals surface area contributed by atoms with Gasteiger partial charge in [-0.15, -0.1) is 0 Å². The number of anilines is 1. The van der Waals surface area contributed by atoms with Crippen molar-refractivity contribution in [3.63, 3.8) is 0 Å². The van der Waals surface area contributed by atoms with Crippen molar-refractivity contribution in [3.8, 4) is 0 Å². The Morgan fingerprint density at radius 3 is 2.50 bits per heavy atom. The molecule has 1 aliphatic rings. The lowest BCUT2D eigenvalue weighted by Gasteiger charge is -2.20. The van der Waals surface area contributed by atoms with Gasteiger partial charge in [0, 0.05) is 12.6 Å². The molecule has 3 rings (SSSR count). The van der Waals surface area contributed by atoms with Gasteiger partial charge in [0.05, 0.1) is 29.0 Å². The second-order valence-electron chi connectivity index (χ2n) is 6.54. The quantitative estimate of drug-likeness (QED) is 0.293. The molecule has 172 valence electrons. The van der Waals surface area contributed by atoms with E-state index in [1.54, 1.807) is 0 Å². The monoisotopic (exact) mass is 480 g/mol. The van der Waals surface area contributed by atoms with E-state index in [9.17, 15) is 31.5 Å². The molecule has 0 saturated heterocycles. The number of amides is 3. The van der Waals surface area contributed by atoms with Crippen LogP contribution in [0.5, 0.6) is 0 Å². The van der Waals surface area contributed by atoms with Gasteiger partial charge in [-0.2, -0.15) is 18.3 Å². The zero-order chi connectivity index (χ0) is 24.0. The zero-order valence-electron chi connectivity index (χ0n) is 15.7. The van der Waals surface area contributed by atoms with Crippen molar-refractivity contribution in [1.82, 2.24) is 19.9 Å². The minimum atomic E-state index is -4.79. The highest BCUT2D eigenvalue weighted by atomic mass is 35.5. The number of allylic oxidation sites excluding steroid dienone is 2. The summed E-state index contributed by atoms with van der Waals surface area (Å²) in [5.74, 6) is -3.46. The topological polar surface area (TPSA) is 158 Å². The van der Waals surface area contributed by atoms with Crippen LogP contribution in [-0.4, -0.2) is 45.7 Å². The van der Waals surface area contributed by atoms with E-state index >= 15 is 0 Å². The number of fused-ring (bicyclic) bond motifs is 3. The summed E-state index contributed by atoms with van der Waals surface area (Å²) in [7, 11) is 0. The van der Waals surface area contributed by atoms with Crippen LogP contribution in [0, 0.1) is 0 Å². The van der Waals surface area contributed by atoms with Gasteiger partial charge in [-0.3, -0.25) is 9.69 Å². The van der Waals surface area contributed by atoms with E-state index in [1.807, 2.05) is 5.32 Å². The van der Waals surface area contributed by atoms with Crippen molar-refractivity contribution in [2.45, 2.75) is 18.5 Å². The van der Waals surface area contributed by atoms with Gasteiger partial charge < -0.3 is 22.5 Å². The fourth-order valence-corrected chi connectivity index (χ4v) is 3.17. The first-order chi connectivity index (χ1) is 14.8. The number of hydrogen-bond acceptors (Lipinski definition) is 6. The van der Waals surface area contributed by atoms with Crippen molar-refractivity contribution in [3.05, 3.63) is 46.3 Å². The van der Waals surface area contributed by atoms with Crippen LogP contribution in [0.3, 0.4) is 0 Å². The van der Waals surface area contributed by atoms with Crippen molar-refractivity contribution in [2.24, 2.45) is 17.2 Å². The summed E-state index contributed by atoms with van der Waals surface area (Å²) in [6.45, 7) is -0.902.